The monoisotopic (exact) mass is 481 g/mol. The van der Waals surface area contributed by atoms with Gasteiger partial charge >= 0.3 is 0 Å². The molecule has 0 radical (unpaired) electrons. The molecule has 0 aliphatic heterocycles. The largest absolute Gasteiger partial charge is 0.491 e. The molecule has 8 nitrogen and oxygen atoms in total. The van der Waals surface area contributed by atoms with Crippen molar-refractivity contribution in [3.63, 3.8) is 0 Å². The summed E-state index contributed by atoms with van der Waals surface area (Å²) in [6.45, 7) is 1.43. The Hall–Kier alpha value is -4.08. The number of aromatic amines is 2. The first-order valence-electron chi connectivity index (χ1n) is 11.2. The zero-order valence-corrected chi connectivity index (χ0v) is 20.1. The zero-order valence-electron chi connectivity index (χ0n) is 19.3. The van der Waals surface area contributed by atoms with Gasteiger partial charge in [-0.3, -0.25) is 15.1 Å². The quantitative estimate of drug-likeness (QED) is 0.324. The second-order valence-corrected chi connectivity index (χ2v) is 9.32. The first kappa shape index (κ1) is 21.5. The van der Waals surface area contributed by atoms with Crippen LogP contribution in [0.1, 0.15) is 0 Å². The van der Waals surface area contributed by atoms with Gasteiger partial charge in [-0.15, -0.1) is 0 Å². The molecule has 0 bridgehead atoms. The van der Waals surface area contributed by atoms with Crippen LogP contribution in [0.25, 0.3) is 55.8 Å². The van der Waals surface area contributed by atoms with Crippen LogP contribution in [-0.2, 0) is 0 Å². The van der Waals surface area contributed by atoms with Crippen LogP contribution in [0.5, 0.6) is 5.75 Å². The first-order valence-corrected chi connectivity index (χ1v) is 12.2. The van der Waals surface area contributed by atoms with Gasteiger partial charge in [0.15, 0.2) is 0 Å². The molecule has 0 saturated carbocycles. The van der Waals surface area contributed by atoms with Gasteiger partial charge in [0.2, 0.25) is 0 Å². The molecule has 174 valence electrons. The second kappa shape index (κ2) is 8.94. The lowest BCUT2D eigenvalue weighted by Crippen LogP contribution is -2.19. The Bertz CT molecular complexity index is 1620. The molecule has 0 aliphatic rings. The van der Waals surface area contributed by atoms with E-state index in [9.17, 15) is 0 Å². The molecular formula is C26H23N7OS. The number of H-pyrrole nitrogens is 2. The van der Waals surface area contributed by atoms with Crippen molar-refractivity contribution in [1.82, 2.24) is 35.0 Å². The number of hydrogen-bond acceptors (Lipinski definition) is 7. The molecule has 35 heavy (non-hydrogen) atoms. The SMILES string of the molecule is CN(C)CCOc1cncc(-c2ccc3[nH]nc(-c4cc5c(-c6ccsc6)nccc5[nH]4)c3n2)c1. The number of rotatable bonds is 7. The Morgan fingerprint density at radius 1 is 1.00 bits per heavy atom. The topological polar surface area (TPSA) is 95.6 Å². The van der Waals surface area contributed by atoms with Crippen molar-refractivity contribution in [2.24, 2.45) is 0 Å². The molecule has 6 heterocycles. The van der Waals surface area contributed by atoms with Crippen molar-refractivity contribution < 1.29 is 4.74 Å². The summed E-state index contributed by atoms with van der Waals surface area (Å²) in [5.74, 6) is 0.725. The number of nitrogens with one attached hydrogen (secondary N) is 2. The fourth-order valence-corrected chi connectivity index (χ4v) is 4.68. The summed E-state index contributed by atoms with van der Waals surface area (Å²) in [5.41, 5.74) is 8.08. The number of pyridine rings is 3. The number of hydrogen-bond donors (Lipinski definition) is 2. The fourth-order valence-electron chi connectivity index (χ4n) is 4.04. The molecule has 0 unspecified atom stereocenters. The van der Waals surface area contributed by atoms with E-state index < -0.39 is 0 Å². The molecule has 0 saturated heterocycles. The highest BCUT2D eigenvalue weighted by molar-refractivity contribution is 7.08. The lowest BCUT2D eigenvalue weighted by atomic mass is 10.1. The maximum Gasteiger partial charge on any atom is 0.138 e. The summed E-state index contributed by atoms with van der Waals surface area (Å²) in [6, 6.07) is 12.1. The molecule has 0 amide bonds. The molecule has 2 N–H and O–H groups in total. The second-order valence-electron chi connectivity index (χ2n) is 8.54. The molecule has 0 aliphatic carbocycles. The summed E-state index contributed by atoms with van der Waals surface area (Å²) >= 11 is 1.66. The third kappa shape index (κ3) is 4.16. The molecule has 0 fully saturated rings. The molecule has 6 aromatic heterocycles. The number of thiophene rings is 1. The molecule has 0 aromatic carbocycles. The summed E-state index contributed by atoms with van der Waals surface area (Å²) in [7, 11) is 4.04. The number of ether oxygens (including phenoxy) is 1. The van der Waals surface area contributed by atoms with Gasteiger partial charge in [0.25, 0.3) is 0 Å². The van der Waals surface area contributed by atoms with E-state index in [4.69, 9.17) is 9.72 Å². The van der Waals surface area contributed by atoms with Gasteiger partial charge in [-0.05, 0) is 55.9 Å². The summed E-state index contributed by atoms with van der Waals surface area (Å²) < 4.78 is 5.86. The van der Waals surface area contributed by atoms with Crippen molar-refractivity contribution in [2.75, 3.05) is 27.2 Å². The molecular weight excluding hydrogens is 458 g/mol. The van der Waals surface area contributed by atoms with Gasteiger partial charge in [0.05, 0.1) is 28.8 Å². The van der Waals surface area contributed by atoms with Gasteiger partial charge in [0.1, 0.15) is 23.6 Å². The van der Waals surface area contributed by atoms with Crippen LogP contribution < -0.4 is 4.74 Å². The van der Waals surface area contributed by atoms with E-state index in [0.29, 0.717) is 6.61 Å². The Kier molecular flexibility index (Phi) is 5.48. The van der Waals surface area contributed by atoms with Crippen LogP contribution in [0.4, 0.5) is 0 Å². The third-order valence-electron chi connectivity index (χ3n) is 5.82. The molecule has 0 atom stereocenters. The van der Waals surface area contributed by atoms with Crippen molar-refractivity contribution >= 4 is 33.3 Å². The number of likely N-dealkylation sites (N-methyl/N-ethyl adjacent to an activating group) is 1. The number of fused-ring (bicyclic) bond motifs is 2. The molecule has 0 spiro atoms. The van der Waals surface area contributed by atoms with Crippen molar-refractivity contribution in [2.45, 2.75) is 0 Å². The third-order valence-corrected chi connectivity index (χ3v) is 6.50. The highest BCUT2D eigenvalue weighted by atomic mass is 32.1. The number of aromatic nitrogens is 6. The smallest absolute Gasteiger partial charge is 0.138 e. The van der Waals surface area contributed by atoms with Gasteiger partial charge in [0, 0.05) is 46.3 Å². The normalized spacial score (nSPS) is 11.6. The molecule has 9 heteroatoms. The predicted molar refractivity (Wildman–Crippen MR) is 140 cm³/mol. The van der Waals surface area contributed by atoms with Crippen molar-refractivity contribution in [1.29, 1.82) is 0 Å². The Morgan fingerprint density at radius 3 is 2.80 bits per heavy atom. The average Bonchev–Trinajstić information content (AvgIpc) is 3.62. The van der Waals surface area contributed by atoms with Crippen molar-refractivity contribution in [3.8, 4) is 39.7 Å². The minimum absolute atomic E-state index is 0.596. The van der Waals surface area contributed by atoms with Gasteiger partial charge in [-0.25, -0.2) is 4.98 Å². The van der Waals surface area contributed by atoms with Gasteiger partial charge in [-0.1, -0.05) is 0 Å². The first-order chi connectivity index (χ1) is 17.2. The van der Waals surface area contributed by atoms with Gasteiger partial charge in [-0.2, -0.15) is 16.4 Å². The minimum atomic E-state index is 0.596. The van der Waals surface area contributed by atoms with Crippen LogP contribution in [0, 0.1) is 0 Å². The maximum atomic E-state index is 5.86. The van der Waals surface area contributed by atoms with E-state index in [1.807, 2.05) is 44.6 Å². The lowest BCUT2D eigenvalue weighted by molar-refractivity contribution is 0.261. The van der Waals surface area contributed by atoms with Crippen molar-refractivity contribution in [3.05, 3.63) is 65.7 Å². The van der Waals surface area contributed by atoms with E-state index in [1.165, 1.54) is 0 Å². The Labute approximate surface area is 205 Å². The molecule has 6 rings (SSSR count). The van der Waals surface area contributed by atoms with Crippen LogP contribution in [0.3, 0.4) is 0 Å². The molecule has 6 aromatic rings. The van der Waals surface area contributed by atoms with E-state index in [0.717, 1.165) is 68.1 Å². The maximum absolute atomic E-state index is 5.86. The van der Waals surface area contributed by atoms with E-state index in [2.05, 4.69) is 52.9 Å². The fraction of sp³-hybridized carbons (Fsp3) is 0.154. The number of nitrogens with zero attached hydrogens (tertiary/aromatic N) is 5. The van der Waals surface area contributed by atoms with E-state index >= 15 is 0 Å². The zero-order chi connectivity index (χ0) is 23.8. The van der Waals surface area contributed by atoms with Crippen LogP contribution in [0.2, 0.25) is 0 Å². The Morgan fingerprint density at radius 2 is 1.94 bits per heavy atom. The Balaban J connectivity index is 1.38. The lowest BCUT2D eigenvalue weighted by Gasteiger charge is -2.11. The van der Waals surface area contributed by atoms with Crippen LogP contribution >= 0.6 is 11.3 Å². The van der Waals surface area contributed by atoms with Crippen LogP contribution in [-0.4, -0.2) is 62.3 Å². The predicted octanol–water partition coefficient (Wildman–Crippen LogP) is 5.23. The van der Waals surface area contributed by atoms with Gasteiger partial charge < -0.3 is 14.6 Å². The average molecular weight is 482 g/mol. The van der Waals surface area contributed by atoms with Crippen LogP contribution in [0.15, 0.2) is 65.7 Å². The van der Waals surface area contributed by atoms with E-state index in [-0.39, 0.29) is 0 Å². The minimum Gasteiger partial charge on any atom is -0.491 e. The van der Waals surface area contributed by atoms with E-state index in [1.54, 1.807) is 23.7 Å². The highest BCUT2D eigenvalue weighted by Gasteiger charge is 2.16. The highest BCUT2D eigenvalue weighted by Crippen LogP contribution is 2.33. The summed E-state index contributed by atoms with van der Waals surface area (Å²) in [6.07, 6.45) is 5.36. The summed E-state index contributed by atoms with van der Waals surface area (Å²) in [5, 5.41) is 12.9. The standard InChI is InChI=1S/C26H23N7OS/c1-33(2)8-9-34-18-11-17(13-27-14-18)20-3-4-22-25(30-20)26(32-31-22)23-12-19-21(29-23)5-7-28-24(19)16-6-10-35-15-16/h3-7,10-15,29H,8-9H2,1-2H3,(H,31,32). The summed E-state index contributed by atoms with van der Waals surface area (Å²) in [4.78, 5) is 19.5.